The van der Waals surface area contributed by atoms with Gasteiger partial charge in [-0.2, -0.15) is 4.98 Å². The first-order chi connectivity index (χ1) is 14.0. The van der Waals surface area contributed by atoms with Crippen LogP contribution in [0.5, 0.6) is 5.75 Å². The van der Waals surface area contributed by atoms with Gasteiger partial charge in [0.1, 0.15) is 23.5 Å². The molecular weight excluding hydrogens is 364 g/mol. The van der Waals surface area contributed by atoms with Gasteiger partial charge in [0.15, 0.2) is 0 Å². The number of hydrogen-bond acceptors (Lipinski definition) is 6. The fraction of sp³-hybridized carbons (Fsp3) is 0.522. The Morgan fingerprint density at radius 3 is 2.69 bits per heavy atom. The molecule has 2 aromatic rings. The van der Waals surface area contributed by atoms with E-state index in [1.54, 1.807) is 6.92 Å². The van der Waals surface area contributed by atoms with Gasteiger partial charge in [0.25, 0.3) is 0 Å². The molecule has 0 N–H and O–H groups in total. The van der Waals surface area contributed by atoms with Gasteiger partial charge in [0.2, 0.25) is 5.95 Å². The molecule has 4 rings (SSSR count). The predicted molar refractivity (Wildman–Crippen MR) is 115 cm³/mol. The summed E-state index contributed by atoms with van der Waals surface area (Å²) in [5, 5.41) is 0. The average Bonchev–Trinajstić information content (AvgIpc) is 3.46. The molecule has 2 fully saturated rings. The number of anilines is 2. The minimum absolute atomic E-state index is 0.148. The van der Waals surface area contributed by atoms with Gasteiger partial charge in [-0.15, -0.1) is 0 Å². The van der Waals surface area contributed by atoms with E-state index in [-0.39, 0.29) is 17.8 Å². The van der Waals surface area contributed by atoms with Gasteiger partial charge in [0, 0.05) is 38.7 Å². The summed E-state index contributed by atoms with van der Waals surface area (Å²) in [7, 11) is 2.08. The predicted octanol–water partition coefficient (Wildman–Crippen LogP) is 3.82. The average molecular weight is 395 g/mol. The second kappa shape index (κ2) is 8.39. The molecule has 6 heteroatoms. The van der Waals surface area contributed by atoms with Crippen LogP contribution in [0.15, 0.2) is 36.5 Å². The summed E-state index contributed by atoms with van der Waals surface area (Å²) < 4.78 is 6.21. The van der Waals surface area contributed by atoms with Gasteiger partial charge in [0.05, 0.1) is 6.54 Å². The third kappa shape index (κ3) is 4.86. The van der Waals surface area contributed by atoms with E-state index >= 15 is 0 Å². The van der Waals surface area contributed by atoms with Crippen molar-refractivity contribution in [1.82, 2.24) is 9.97 Å². The van der Waals surface area contributed by atoms with Gasteiger partial charge < -0.3 is 19.3 Å². The van der Waals surface area contributed by atoms with Crippen molar-refractivity contribution in [2.45, 2.75) is 57.6 Å². The van der Waals surface area contributed by atoms with Gasteiger partial charge in [-0.05, 0) is 49.4 Å². The van der Waals surface area contributed by atoms with E-state index in [2.05, 4.69) is 40.9 Å². The highest BCUT2D eigenvalue weighted by Crippen LogP contribution is 2.30. The first kappa shape index (κ1) is 19.7. The normalized spacial score (nSPS) is 19.8. The van der Waals surface area contributed by atoms with Crippen LogP contribution in [-0.2, 0) is 4.79 Å². The largest absolute Gasteiger partial charge is 0.489 e. The monoisotopic (exact) mass is 394 g/mol. The Bertz CT molecular complexity index is 850. The number of carbonyl (C=O) groups excluding carboxylic acids is 1. The van der Waals surface area contributed by atoms with Gasteiger partial charge in [-0.3, -0.25) is 0 Å². The minimum atomic E-state index is 0.148. The number of benzene rings is 1. The van der Waals surface area contributed by atoms with Crippen molar-refractivity contribution in [3.8, 4) is 5.75 Å². The molecule has 0 unspecified atom stereocenters. The van der Waals surface area contributed by atoms with Crippen LogP contribution in [0.4, 0.5) is 11.8 Å². The molecule has 0 bridgehead atoms. The number of Topliss-reactive ketones (excluding diaryl/α,β-unsaturated/α-hetero) is 1. The van der Waals surface area contributed by atoms with E-state index in [1.165, 1.54) is 18.4 Å². The summed E-state index contributed by atoms with van der Waals surface area (Å²) in [5.74, 6) is 3.13. The molecule has 1 aliphatic carbocycles. The number of hydrogen-bond donors (Lipinski definition) is 0. The molecule has 0 spiro atoms. The molecule has 29 heavy (non-hydrogen) atoms. The molecule has 2 heterocycles. The number of ketones is 1. The minimum Gasteiger partial charge on any atom is -0.489 e. The maximum Gasteiger partial charge on any atom is 0.227 e. The Hall–Kier alpha value is -2.63. The van der Waals surface area contributed by atoms with Crippen molar-refractivity contribution in [2.75, 3.05) is 29.9 Å². The molecule has 154 valence electrons. The standard InChI is InChI=1S/C23H30N4O2/c1-16(14-17(2)28)18-4-8-20(9-5-18)29-21-11-13-27(15-21)22-10-12-24-23(25-22)26(3)19-6-7-19/h4-5,8-10,12,16,19,21H,6-7,11,13-15H2,1-3H3/t16-,21-/m1/s1. The van der Waals surface area contributed by atoms with Crippen molar-refractivity contribution < 1.29 is 9.53 Å². The lowest BCUT2D eigenvalue weighted by Crippen LogP contribution is -2.27. The zero-order valence-electron chi connectivity index (χ0n) is 17.5. The van der Waals surface area contributed by atoms with E-state index in [1.807, 2.05) is 24.4 Å². The van der Waals surface area contributed by atoms with E-state index in [4.69, 9.17) is 9.72 Å². The maximum absolute atomic E-state index is 11.3. The van der Waals surface area contributed by atoms with E-state index in [0.29, 0.717) is 12.5 Å². The number of carbonyl (C=O) groups is 1. The van der Waals surface area contributed by atoms with E-state index < -0.39 is 0 Å². The third-order valence-electron chi connectivity index (χ3n) is 5.85. The molecule has 0 radical (unpaired) electrons. The molecule has 1 aliphatic heterocycles. The van der Waals surface area contributed by atoms with Crippen LogP contribution in [-0.4, -0.2) is 48.0 Å². The van der Waals surface area contributed by atoms with Crippen LogP contribution in [0.1, 0.15) is 51.0 Å². The summed E-state index contributed by atoms with van der Waals surface area (Å²) in [5.41, 5.74) is 1.17. The van der Waals surface area contributed by atoms with Crippen molar-refractivity contribution in [3.05, 3.63) is 42.1 Å². The summed E-state index contributed by atoms with van der Waals surface area (Å²) in [6, 6.07) is 10.8. The number of nitrogens with zero attached hydrogens (tertiary/aromatic N) is 4. The van der Waals surface area contributed by atoms with Crippen LogP contribution in [0.3, 0.4) is 0 Å². The molecule has 1 aromatic heterocycles. The van der Waals surface area contributed by atoms with Crippen molar-refractivity contribution in [1.29, 1.82) is 0 Å². The highest BCUT2D eigenvalue weighted by Gasteiger charge is 2.29. The SMILES string of the molecule is CC(=O)C[C@@H](C)c1ccc(O[C@@H]2CCN(c3ccnc(N(C)C4CC4)n3)C2)cc1. The zero-order chi connectivity index (χ0) is 20.4. The van der Waals surface area contributed by atoms with Crippen LogP contribution in [0, 0.1) is 0 Å². The van der Waals surface area contributed by atoms with Crippen LogP contribution in [0.25, 0.3) is 0 Å². The highest BCUT2D eigenvalue weighted by molar-refractivity contribution is 5.76. The maximum atomic E-state index is 11.3. The quantitative estimate of drug-likeness (QED) is 0.678. The Labute approximate surface area is 172 Å². The number of ether oxygens (including phenoxy) is 1. The Kier molecular flexibility index (Phi) is 5.69. The zero-order valence-corrected chi connectivity index (χ0v) is 17.5. The van der Waals surface area contributed by atoms with Gasteiger partial charge in [-0.25, -0.2) is 4.98 Å². The smallest absolute Gasteiger partial charge is 0.227 e. The van der Waals surface area contributed by atoms with Crippen molar-refractivity contribution in [3.63, 3.8) is 0 Å². The van der Waals surface area contributed by atoms with E-state index in [0.717, 1.165) is 37.0 Å². The molecule has 6 nitrogen and oxygen atoms in total. The highest BCUT2D eigenvalue weighted by atomic mass is 16.5. The Morgan fingerprint density at radius 2 is 2.00 bits per heavy atom. The van der Waals surface area contributed by atoms with Gasteiger partial charge >= 0.3 is 0 Å². The van der Waals surface area contributed by atoms with Gasteiger partial charge in [-0.1, -0.05) is 19.1 Å². The summed E-state index contributed by atoms with van der Waals surface area (Å²) in [6.07, 6.45) is 6.02. The number of aromatic nitrogens is 2. The molecule has 1 aromatic carbocycles. The van der Waals surface area contributed by atoms with E-state index in [9.17, 15) is 4.79 Å². The second-order valence-corrected chi connectivity index (χ2v) is 8.41. The van der Waals surface area contributed by atoms with Crippen molar-refractivity contribution in [2.24, 2.45) is 0 Å². The van der Waals surface area contributed by atoms with Crippen LogP contribution in [0.2, 0.25) is 0 Å². The lowest BCUT2D eigenvalue weighted by atomic mass is 9.96. The Balaban J connectivity index is 1.34. The first-order valence-electron chi connectivity index (χ1n) is 10.6. The molecule has 2 aliphatic rings. The van der Waals surface area contributed by atoms with Crippen molar-refractivity contribution >= 4 is 17.5 Å². The number of rotatable bonds is 8. The second-order valence-electron chi connectivity index (χ2n) is 8.41. The molecule has 2 atom stereocenters. The Morgan fingerprint density at radius 1 is 1.24 bits per heavy atom. The summed E-state index contributed by atoms with van der Waals surface area (Å²) in [4.78, 5) is 25.0. The summed E-state index contributed by atoms with van der Waals surface area (Å²) >= 11 is 0. The lowest BCUT2D eigenvalue weighted by molar-refractivity contribution is -0.117. The van der Waals surface area contributed by atoms with Crippen LogP contribution >= 0.6 is 0 Å². The topological polar surface area (TPSA) is 58.6 Å². The molecule has 0 amide bonds. The lowest BCUT2D eigenvalue weighted by Gasteiger charge is -2.21. The molecule has 1 saturated carbocycles. The molecule has 1 saturated heterocycles. The summed E-state index contributed by atoms with van der Waals surface area (Å²) in [6.45, 7) is 5.49. The first-order valence-corrected chi connectivity index (χ1v) is 10.6. The third-order valence-corrected chi connectivity index (χ3v) is 5.85. The fourth-order valence-electron chi connectivity index (χ4n) is 3.96. The fourth-order valence-corrected chi connectivity index (χ4v) is 3.96. The van der Waals surface area contributed by atoms with Crippen LogP contribution < -0.4 is 14.5 Å². The molecular formula is C23H30N4O2.